The first-order valence-electron chi connectivity index (χ1n) is 10.6. The molecule has 12 heteroatoms. The van der Waals surface area contributed by atoms with Gasteiger partial charge >= 0.3 is 0 Å². The van der Waals surface area contributed by atoms with Crippen LogP contribution in [0.15, 0.2) is 87.0 Å². The maximum atomic E-state index is 6.02. The van der Waals surface area contributed by atoms with Crippen LogP contribution in [0.1, 0.15) is 0 Å². The Bertz CT molecular complexity index is 1730. The van der Waals surface area contributed by atoms with Gasteiger partial charge in [-0.15, -0.1) is 0 Å². The van der Waals surface area contributed by atoms with Crippen molar-refractivity contribution in [2.75, 3.05) is 0 Å². The van der Waals surface area contributed by atoms with Crippen LogP contribution >= 0.6 is 34.8 Å². The third kappa shape index (κ3) is 5.49. The lowest BCUT2D eigenvalue weighted by atomic mass is 10.1. The summed E-state index contributed by atoms with van der Waals surface area (Å²) in [5, 5.41) is 2.98. The highest BCUT2D eigenvalue weighted by molar-refractivity contribution is 6.32. The number of nitrogens with two attached hydrogens (primary N) is 2. The van der Waals surface area contributed by atoms with E-state index in [1.165, 1.54) is 0 Å². The second-order valence-corrected chi connectivity index (χ2v) is 8.74. The third-order valence-electron chi connectivity index (χ3n) is 5.01. The summed E-state index contributed by atoms with van der Waals surface area (Å²) in [5.74, 6) is 1.29. The van der Waals surface area contributed by atoms with Crippen LogP contribution in [0.2, 0.25) is 15.3 Å². The molecule has 0 aliphatic rings. The lowest BCUT2D eigenvalue weighted by Crippen LogP contribution is -2.22. The number of hydrogen-bond donors (Lipinski definition) is 2. The Hall–Kier alpha value is -4.18. The molecule has 4 N–H and O–H groups in total. The molecule has 6 rings (SSSR count). The first-order chi connectivity index (χ1) is 17.9. The van der Waals surface area contributed by atoms with Gasteiger partial charge in [0.2, 0.25) is 5.28 Å². The van der Waals surface area contributed by atoms with Crippen molar-refractivity contribution in [3.05, 3.63) is 88.5 Å². The van der Waals surface area contributed by atoms with E-state index in [1.54, 1.807) is 67.1 Å². The summed E-state index contributed by atoms with van der Waals surface area (Å²) >= 11 is 17.9. The zero-order chi connectivity index (χ0) is 25.9. The number of benzene rings is 2. The zero-order valence-electron chi connectivity index (χ0n) is 18.8. The summed E-state index contributed by atoms with van der Waals surface area (Å²) in [7, 11) is 0. The molecular formula is C25H16Cl3N7O2. The molecule has 0 saturated heterocycles. The van der Waals surface area contributed by atoms with Gasteiger partial charge in [0, 0.05) is 20.8 Å². The Labute approximate surface area is 224 Å². The predicted octanol–water partition coefficient (Wildman–Crippen LogP) is 6.64. The number of halogens is 3. The summed E-state index contributed by atoms with van der Waals surface area (Å²) in [4.78, 5) is 20.8. The van der Waals surface area contributed by atoms with Gasteiger partial charge in [-0.05, 0) is 72.3 Å². The molecule has 0 aliphatic carbocycles. The van der Waals surface area contributed by atoms with Crippen molar-refractivity contribution in [2.45, 2.75) is 0 Å². The maximum absolute atomic E-state index is 6.02. The topological polar surface area (TPSA) is 142 Å². The lowest BCUT2D eigenvalue weighted by molar-refractivity contribution is 0.580. The monoisotopic (exact) mass is 551 g/mol. The van der Waals surface area contributed by atoms with Crippen LogP contribution in [-0.2, 0) is 0 Å². The molecule has 9 nitrogen and oxygen atoms in total. The molecule has 0 aliphatic heterocycles. The number of aliphatic imine (C=N–C) groups is 1. The fourth-order valence-electron chi connectivity index (χ4n) is 3.53. The number of hydrogen-bond acceptors (Lipinski definition) is 7. The van der Waals surface area contributed by atoms with Gasteiger partial charge in [-0.1, -0.05) is 23.2 Å². The molecule has 37 heavy (non-hydrogen) atoms. The van der Waals surface area contributed by atoms with Crippen molar-refractivity contribution in [2.24, 2.45) is 16.5 Å². The van der Waals surface area contributed by atoms with Gasteiger partial charge in [0.15, 0.2) is 17.5 Å². The predicted molar refractivity (Wildman–Crippen MR) is 145 cm³/mol. The normalized spacial score (nSPS) is 10.8. The minimum Gasteiger partial charge on any atom is -0.463 e. The number of nitrogens with zero attached hydrogens (tertiary/aromatic N) is 5. The minimum absolute atomic E-state index is 0.108. The number of aromatic nitrogens is 4. The SMILES string of the molecule is Clc1ccc2nc(Cl)nc(-c3ccco3)c2c1.NC(N)=Nc1nc(-c2ccco2)c2cc(Cl)ccc2n1. The van der Waals surface area contributed by atoms with E-state index in [9.17, 15) is 0 Å². The molecule has 2 aromatic carbocycles. The number of furan rings is 2. The average Bonchev–Trinajstić information content (AvgIpc) is 3.58. The van der Waals surface area contributed by atoms with Gasteiger partial charge in [0.1, 0.15) is 11.4 Å². The number of fused-ring (bicyclic) bond motifs is 2. The molecule has 4 heterocycles. The van der Waals surface area contributed by atoms with Gasteiger partial charge in [0.05, 0.1) is 23.6 Å². The van der Waals surface area contributed by atoms with Crippen LogP contribution in [-0.4, -0.2) is 25.9 Å². The van der Waals surface area contributed by atoms with E-state index in [0.717, 1.165) is 16.3 Å². The summed E-state index contributed by atoms with van der Waals surface area (Å²) < 4.78 is 10.7. The fraction of sp³-hybridized carbons (Fsp3) is 0. The van der Waals surface area contributed by atoms with Crippen LogP contribution in [0, 0.1) is 0 Å². The summed E-state index contributed by atoms with van der Waals surface area (Å²) in [6, 6.07) is 17.8. The van der Waals surface area contributed by atoms with Gasteiger partial charge in [0.25, 0.3) is 5.95 Å². The Kier molecular flexibility index (Phi) is 6.91. The van der Waals surface area contributed by atoms with Crippen LogP contribution in [0.3, 0.4) is 0 Å². The van der Waals surface area contributed by atoms with E-state index < -0.39 is 0 Å². The smallest absolute Gasteiger partial charge is 0.253 e. The zero-order valence-corrected chi connectivity index (χ0v) is 21.0. The van der Waals surface area contributed by atoms with Crippen molar-refractivity contribution in [3.8, 4) is 22.9 Å². The Balaban J connectivity index is 0.000000153. The Morgan fingerprint density at radius 3 is 1.73 bits per heavy atom. The summed E-state index contributed by atoms with van der Waals surface area (Å²) in [5.41, 5.74) is 13.4. The largest absolute Gasteiger partial charge is 0.463 e. The second kappa shape index (κ2) is 10.4. The molecule has 0 fully saturated rings. The molecule has 0 amide bonds. The van der Waals surface area contributed by atoms with E-state index in [-0.39, 0.29) is 17.2 Å². The van der Waals surface area contributed by atoms with Crippen LogP contribution in [0.25, 0.3) is 44.7 Å². The second-order valence-electron chi connectivity index (χ2n) is 7.53. The highest BCUT2D eigenvalue weighted by Crippen LogP contribution is 2.31. The Morgan fingerprint density at radius 2 is 1.22 bits per heavy atom. The molecule has 0 saturated carbocycles. The standard InChI is InChI=1S/C13H10ClN5O.C12H6Cl2N2O/c14-7-3-4-9-8(6-7)11(10-2-1-5-20-10)18-13(17-9)19-12(15)16;13-7-3-4-9-8(6-7)11(16-12(14)15-9)10-2-1-5-17-10/h1-6H,(H4,15,16,17,18,19);1-6H. The fourth-order valence-corrected chi connectivity index (χ4v) is 4.05. The van der Waals surface area contributed by atoms with Crippen LogP contribution < -0.4 is 11.5 Å². The highest BCUT2D eigenvalue weighted by atomic mass is 35.5. The maximum Gasteiger partial charge on any atom is 0.253 e. The average molecular weight is 553 g/mol. The van der Waals surface area contributed by atoms with Gasteiger partial charge in [-0.25, -0.2) is 19.9 Å². The van der Waals surface area contributed by atoms with Crippen molar-refractivity contribution in [1.29, 1.82) is 0 Å². The van der Waals surface area contributed by atoms with Crippen molar-refractivity contribution < 1.29 is 8.83 Å². The molecule has 0 unspecified atom stereocenters. The molecule has 0 atom stereocenters. The summed E-state index contributed by atoms with van der Waals surface area (Å²) in [6.45, 7) is 0. The van der Waals surface area contributed by atoms with Crippen molar-refractivity contribution >= 4 is 68.5 Å². The van der Waals surface area contributed by atoms with Crippen molar-refractivity contribution in [3.63, 3.8) is 0 Å². The van der Waals surface area contributed by atoms with Crippen LogP contribution in [0.4, 0.5) is 5.95 Å². The lowest BCUT2D eigenvalue weighted by Gasteiger charge is -2.05. The molecular weight excluding hydrogens is 537 g/mol. The van der Waals surface area contributed by atoms with E-state index in [4.69, 9.17) is 55.1 Å². The third-order valence-corrected chi connectivity index (χ3v) is 5.65. The van der Waals surface area contributed by atoms with Crippen molar-refractivity contribution in [1.82, 2.24) is 19.9 Å². The van der Waals surface area contributed by atoms with E-state index in [2.05, 4.69) is 24.9 Å². The summed E-state index contributed by atoms with van der Waals surface area (Å²) in [6.07, 6.45) is 3.15. The number of guanidine groups is 1. The van der Waals surface area contributed by atoms with E-state index in [1.807, 2.05) is 6.07 Å². The Morgan fingerprint density at radius 1 is 0.676 bits per heavy atom. The highest BCUT2D eigenvalue weighted by Gasteiger charge is 2.13. The van der Waals surface area contributed by atoms with Gasteiger partial charge in [-0.3, -0.25) is 0 Å². The molecule has 0 bridgehead atoms. The first-order valence-corrected chi connectivity index (χ1v) is 11.8. The first kappa shape index (κ1) is 24.5. The number of rotatable bonds is 3. The quantitative estimate of drug-likeness (QED) is 0.141. The van der Waals surface area contributed by atoms with E-state index in [0.29, 0.717) is 38.5 Å². The molecule has 6 aromatic rings. The molecule has 4 aromatic heterocycles. The van der Waals surface area contributed by atoms with Gasteiger partial charge < -0.3 is 20.3 Å². The molecule has 0 spiro atoms. The molecule has 184 valence electrons. The van der Waals surface area contributed by atoms with Crippen LogP contribution in [0.5, 0.6) is 0 Å². The molecule has 0 radical (unpaired) electrons. The minimum atomic E-state index is -0.108. The van der Waals surface area contributed by atoms with E-state index >= 15 is 0 Å². The van der Waals surface area contributed by atoms with Gasteiger partial charge in [-0.2, -0.15) is 4.99 Å².